The molecule has 0 aromatic rings. The van der Waals surface area contributed by atoms with Crippen LogP contribution in [0.3, 0.4) is 0 Å². The van der Waals surface area contributed by atoms with Crippen LogP contribution in [0.2, 0.25) is 0 Å². The van der Waals surface area contributed by atoms with Crippen molar-refractivity contribution < 1.29 is 4.79 Å². The number of carbonyl (C=O) groups excluding carboxylic acids is 1. The molecule has 13 heavy (non-hydrogen) atoms. The van der Waals surface area contributed by atoms with Crippen LogP contribution in [-0.4, -0.2) is 23.9 Å². The zero-order valence-corrected chi connectivity index (χ0v) is 9.26. The molecule has 0 radical (unpaired) electrons. The Bertz CT molecular complexity index is 193. The van der Waals surface area contributed by atoms with Crippen molar-refractivity contribution in [3.8, 4) is 0 Å². The molecule has 1 heterocycles. The lowest BCUT2D eigenvalue weighted by Gasteiger charge is -2.25. The van der Waals surface area contributed by atoms with Crippen LogP contribution < -0.4 is 0 Å². The van der Waals surface area contributed by atoms with E-state index in [9.17, 15) is 4.79 Å². The summed E-state index contributed by atoms with van der Waals surface area (Å²) >= 11 is 0. The second-order valence-electron chi connectivity index (χ2n) is 5.06. The third-order valence-electron chi connectivity index (χ3n) is 2.79. The molecule has 2 heteroatoms. The maximum atomic E-state index is 11.9. The number of carbonyl (C=O) groups is 1. The molecule has 2 nitrogen and oxygen atoms in total. The average molecular weight is 183 g/mol. The number of nitrogens with zero attached hydrogens (tertiary/aromatic N) is 1. The van der Waals surface area contributed by atoms with Gasteiger partial charge in [0.2, 0.25) is 5.91 Å². The standard InChI is InChI=1S/C11H21NO/c1-5-9-6-7-12(8-9)10(13)11(2,3)4/h9H,5-8H2,1-4H3/t9-/m1/s1. The highest BCUT2D eigenvalue weighted by molar-refractivity contribution is 5.81. The largest absolute Gasteiger partial charge is 0.342 e. The molecule has 0 unspecified atom stereocenters. The van der Waals surface area contributed by atoms with Gasteiger partial charge in [0.05, 0.1) is 0 Å². The first-order valence-corrected chi connectivity index (χ1v) is 5.24. The third kappa shape index (κ3) is 2.45. The average Bonchev–Trinajstić information content (AvgIpc) is 2.48. The summed E-state index contributed by atoms with van der Waals surface area (Å²) in [5.41, 5.74) is -0.206. The third-order valence-corrected chi connectivity index (χ3v) is 2.79. The number of hydrogen-bond donors (Lipinski definition) is 0. The summed E-state index contributed by atoms with van der Waals surface area (Å²) in [5, 5.41) is 0. The van der Waals surface area contributed by atoms with E-state index in [0.29, 0.717) is 5.91 Å². The summed E-state index contributed by atoms with van der Waals surface area (Å²) in [7, 11) is 0. The molecule has 0 saturated carbocycles. The lowest BCUT2D eigenvalue weighted by atomic mass is 9.95. The van der Waals surface area contributed by atoms with Gasteiger partial charge in [0.1, 0.15) is 0 Å². The van der Waals surface area contributed by atoms with Gasteiger partial charge in [-0.15, -0.1) is 0 Å². The normalized spacial score (nSPS) is 23.7. The Morgan fingerprint density at radius 1 is 1.46 bits per heavy atom. The van der Waals surface area contributed by atoms with Gasteiger partial charge in [0.15, 0.2) is 0 Å². The molecule has 0 N–H and O–H groups in total. The van der Waals surface area contributed by atoms with Gasteiger partial charge < -0.3 is 4.90 Å². The fraction of sp³-hybridized carbons (Fsp3) is 0.909. The van der Waals surface area contributed by atoms with Crippen molar-refractivity contribution in [2.75, 3.05) is 13.1 Å². The van der Waals surface area contributed by atoms with Crippen LogP contribution in [0, 0.1) is 11.3 Å². The molecular weight excluding hydrogens is 162 g/mol. The van der Waals surface area contributed by atoms with Crippen LogP contribution in [0.15, 0.2) is 0 Å². The highest BCUT2D eigenvalue weighted by Gasteiger charge is 2.31. The van der Waals surface area contributed by atoms with Gasteiger partial charge >= 0.3 is 0 Å². The predicted octanol–water partition coefficient (Wildman–Crippen LogP) is 2.29. The number of likely N-dealkylation sites (tertiary alicyclic amines) is 1. The van der Waals surface area contributed by atoms with Crippen LogP contribution >= 0.6 is 0 Å². The van der Waals surface area contributed by atoms with Gasteiger partial charge in [-0.05, 0) is 12.3 Å². The summed E-state index contributed by atoms with van der Waals surface area (Å²) in [6, 6.07) is 0. The second-order valence-corrected chi connectivity index (χ2v) is 5.06. The van der Waals surface area contributed by atoms with E-state index in [1.54, 1.807) is 0 Å². The molecule has 1 amide bonds. The maximum Gasteiger partial charge on any atom is 0.227 e. The van der Waals surface area contributed by atoms with Gasteiger partial charge in [0.25, 0.3) is 0 Å². The van der Waals surface area contributed by atoms with Crippen molar-refractivity contribution in [2.24, 2.45) is 11.3 Å². The molecule has 1 atom stereocenters. The van der Waals surface area contributed by atoms with E-state index in [1.807, 2.05) is 25.7 Å². The lowest BCUT2D eigenvalue weighted by Crippen LogP contribution is -2.37. The van der Waals surface area contributed by atoms with E-state index >= 15 is 0 Å². The topological polar surface area (TPSA) is 20.3 Å². The quantitative estimate of drug-likeness (QED) is 0.611. The molecule has 0 aliphatic carbocycles. The molecule has 1 aliphatic rings. The lowest BCUT2D eigenvalue weighted by molar-refractivity contribution is -0.138. The highest BCUT2D eigenvalue weighted by atomic mass is 16.2. The molecule has 76 valence electrons. The van der Waals surface area contributed by atoms with Crippen molar-refractivity contribution in [3.63, 3.8) is 0 Å². The Balaban J connectivity index is 2.52. The van der Waals surface area contributed by atoms with Crippen molar-refractivity contribution >= 4 is 5.91 Å². The van der Waals surface area contributed by atoms with E-state index in [-0.39, 0.29) is 5.41 Å². The monoisotopic (exact) mass is 183 g/mol. The van der Waals surface area contributed by atoms with Crippen molar-refractivity contribution in [2.45, 2.75) is 40.5 Å². The Hall–Kier alpha value is -0.530. The predicted molar refractivity (Wildman–Crippen MR) is 54.4 cm³/mol. The zero-order chi connectivity index (χ0) is 10.1. The summed E-state index contributed by atoms with van der Waals surface area (Å²) in [6.45, 7) is 10.1. The van der Waals surface area contributed by atoms with E-state index < -0.39 is 0 Å². The minimum atomic E-state index is -0.206. The van der Waals surface area contributed by atoms with E-state index in [4.69, 9.17) is 0 Å². The number of rotatable bonds is 1. The summed E-state index contributed by atoms with van der Waals surface area (Å²) in [5.74, 6) is 1.05. The van der Waals surface area contributed by atoms with Crippen molar-refractivity contribution in [3.05, 3.63) is 0 Å². The van der Waals surface area contributed by atoms with Gasteiger partial charge in [0, 0.05) is 18.5 Å². The molecule has 1 saturated heterocycles. The Kier molecular flexibility index (Phi) is 2.99. The number of amides is 1. The van der Waals surface area contributed by atoms with Crippen LogP contribution in [0.4, 0.5) is 0 Å². The van der Waals surface area contributed by atoms with Crippen LogP contribution in [-0.2, 0) is 4.79 Å². The molecule has 1 aliphatic heterocycles. The van der Waals surface area contributed by atoms with Crippen LogP contribution in [0.25, 0.3) is 0 Å². The van der Waals surface area contributed by atoms with Gasteiger partial charge in [-0.1, -0.05) is 34.1 Å². The van der Waals surface area contributed by atoms with Crippen LogP contribution in [0.1, 0.15) is 40.5 Å². The Labute approximate surface area is 81.3 Å². The van der Waals surface area contributed by atoms with E-state index in [2.05, 4.69) is 6.92 Å². The van der Waals surface area contributed by atoms with Crippen LogP contribution in [0.5, 0.6) is 0 Å². The minimum Gasteiger partial charge on any atom is -0.342 e. The first-order chi connectivity index (χ1) is 5.95. The van der Waals surface area contributed by atoms with Gasteiger partial charge in [-0.2, -0.15) is 0 Å². The molecule has 0 aromatic heterocycles. The van der Waals surface area contributed by atoms with E-state index in [1.165, 1.54) is 12.8 Å². The first kappa shape index (κ1) is 10.6. The maximum absolute atomic E-state index is 11.9. The van der Waals surface area contributed by atoms with Gasteiger partial charge in [-0.25, -0.2) is 0 Å². The molecule has 1 rings (SSSR count). The van der Waals surface area contributed by atoms with Gasteiger partial charge in [-0.3, -0.25) is 4.79 Å². The SMILES string of the molecule is CC[C@@H]1CCN(C(=O)C(C)(C)C)C1. The summed E-state index contributed by atoms with van der Waals surface area (Å²) in [6.07, 6.45) is 2.40. The molecular formula is C11H21NO. The smallest absolute Gasteiger partial charge is 0.227 e. The summed E-state index contributed by atoms with van der Waals surface area (Å²) < 4.78 is 0. The highest BCUT2D eigenvalue weighted by Crippen LogP contribution is 2.25. The fourth-order valence-electron chi connectivity index (χ4n) is 1.82. The second kappa shape index (κ2) is 3.69. The zero-order valence-electron chi connectivity index (χ0n) is 9.26. The van der Waals surface area contributed by atoms with Crippen molar-refractivity contribution in [1.29, 1.82) is 0 Å². The molecule has 1 fully saturated rings. The molecule has 0 bridgehead atoms. The van der Waals surface area contributed by atoms with E-state index in [0.717, 1.165) is 19.0 Å². The minimum absolute atomic E-state index is 0.206. The number of hydrogen-bond acceptors (Lipinski definition) is 1. The Morgan fingerprint density at radius 3 is 2.46 bits per heavy atom. The molecule has 0 aromatic carbocycles. The molecule has 0 spiro atoms. The fourth-order valence-corrected chi connectivity index (χ4v) is 1.82. The Morgan fingerprint density at radius 2 is 2.08 bits per heavy atom. The first-order valence-electron chi connectivity index (χ1n) is 5.24. The summed E-state index contributed by atoms with van der Waals surface area (Å²) in [4.78, 5) is 13.9. The van der Waals surface area contributed by atoms with Crippen molar-refractivity contribution in [1.82, 2.24) is 4.90 Å².